The second-order valence-electron chi connectivity index (χ2n) is 5.77. The van der Waals surface area contributed by atoms with E-state index in [1.165, 1.54) is 5.56 Å². The van der Waals surface area contributed by atoms with Crippen LogP contribution in [0.3, 0.4) is 0 Å². The first kappa shape index (κ1) is 18.2. The Morgan fingerprint density at radius 3 is 2.71 bits per heavy atom. The van der Waals surface area contributed by atoms with Gasteiger partial charge in [0, 0.05) is 23.1 Å². The summed E-state index contributed by atoms with van der Waals surface area (Å²) in [6, 6.07) is 9.98. The van der Waals surface area contributed by atoms with Crippen molar-refractivity contribution >= 4 is 23.3 Å². The van der Waals surface area contributed by atoms with Crippen LogP contribution in [0.25, 0.3) is 6.08 Å². The Bertz CT molecular complexity index is 707. The summed E-state index contributed by atoms with van der Waals surface area (Å²) in [6.07, 6.45) is 3.46. The van der Waals surface area contributed by atoms with Crippen molar-refractivity contribution in [3.63, 3.8) is 0 Å². The zero-order chi connectivity index (χ0) is 17.5. The van der Waals surface area contributed by atoms with Gasteiger partial charge in [0.2, 0.25) is 5.91 Å². The molecule has 128 valence electrons. The van der Waals surface area contributed by atoms with Gasteiger partial charge in [-0.25, -0.2) is 0 Å². The molecule has 0 saturated carbocycles. The van der Waals surface area contributed by atoms with Gasteiger partial charge in [-0.2, -0.15) is 0 Å². The normalized spacial score (nSPS) is 12.5. The van der Waals surface area contributed by atoms with E-state index in [1.807, 2.05) is 62.8 Å². The minimum atomic E-state index is -0.0930. The summed E-state index contributed by atoms with van der Waals surface area (Å²) in [5.41, 5.74) is 2.24. The number of amides is 1. The van der Waals surface area contributed by atoms with E-state index in [2.05, 4.69) is 10.2 Å². The summed E-state index contributed by atoms with van der Waals surface area (Å²) >= 11 is 1.63. The van der Waals surface area contributed by atoms with Gasteiger partial charge in [0.05, 0.1) is 13.2 Å². The second-order valence-corrected chi connectivity index (χ2v) is 6.72. The fraction of sp³-hybridized carbons (Fsp3) is 0.316. The molecule has 1 heterocycles. The van der Waals surface area contributed by atoms with E-state index < -0.39 is 0 Å². The van der Waals surface area contributed by atoms with Crippen molar-refractivity contribution < 1.29 is 9.53 Å². The number of rotatable bonds is 7. The third-order valence-corrected chi connectivity index (χ3v) is 4.86. The van der Waals surface area contributed by atoms with Crippen molar-refractivity contribution in [1.29, 1.82) is 0 Å². The summed E-state index contributed by atoms with van der Waals surface area (Å²) in [5, 5.41) is 5.00. The summed E-state index contributed by atoms with van der Waals surface area (Å²) < 4.78 is 5.44. The van der Waals surface area contributed by atoms with E-state index in [0.717, 1.165) is 16.2 Å². The smallest absolute Gasteiger partial charge is 0.244 e. The van der Waals surface area contributed by atoms with Crippen LogP contribution in [-0.4, -0.2) is 38.6 Å². The minimum Gasteiger partial charge on any atom is -0.496 e. The predicted molar refractivity (Wildman–Crippen MR) is 101 cm³/mol. The molecule has 1 atom stereocenters. The van der Waals surface area contributed by atoms with Crippen LogP contribution >= 0.6 is 11.3 Å². The maximum Gasteiger partial charge on any atom is 0.244 e. The first-order valence-electron chi connectivity index (χ1n) is 7.82. The summed E-state index contributed by atoms with van der Waals surface area (Å²) in [6.45, 7) is 2.55. The van der Waals surface area contributed by atoms with Crippen molar-refractivity contribution in [2.75, 3.05) is 27.7 Å². The number of thiophene rings is 1. The molecule has 0 aliphatic carbocycles. The molecule has 0 saturated heterocycles. The van der Waals surface area contributed by atoms with Crippen LogP contribution in [0.5, 0.6) is 5.75 Å². The lowest BCUT2D eigenvalue weighted by Gasteiger charge is -2.26. The molecule has 0 bridgehead atoms. The molecule has 1 amide bonds. The van der Waals surface area contributed by atoms with E-state index in [-0.39, 0.29) is 11.9 Å². The number of para-hydroxylation sites is 1. The molecule has 0 fully saturated rings. The third kappa shape index (κ3) is 4.69. The first-order chi connectivity index (χ1) is 11.5. The van der Waals surface area contributed by atoms with Gasteiger partial charge in [0.15, 0.2) is 0 Å². The van der Waals surface area contributed by atoms with Gasteiger partial charge < -0.3 is 15.0 Å². The molecule has 1 unspecified atom stereocenters. The largest absolute Gasteiger partial charge is 0.496 e. The highest BCUT2D eigenvalue weighted by Gasteiger charge is 2.18. The van der Waals surface area contributed by atoms with Crippen LogP contribution in [0, 0.1) is 6.92 Å². The molecular weight excluding hydrogens is 320 g/mol. The minimum absolute atomic E-state index is 0.0435. The highest BCUT2D eigenvalue weighted by molar-refractivity contribution is 7.11. The van der Waals surface area contributed by atoms with Crippen LogP contribution < -0.4 is 10.1 Å². The molecule has 1 aromatic carbocycles. The molecule has 0 radical (unpaired) electrons. The molecule has 24 heavy (non-hydrogen) atoms. The highest BCUT2D eigenvalue weighted by atomic mass is 32.1. The van der Waals surface area contributed by atoms with E-state index in [9.17, 15) is 4.79 Å². The van der Waals surface area contributed by atoms with Crippen molar-refractivity contribution in [2.24, 2.45) is 0 Å². The predicted octanol–water partition coefficient (Wildman–Crippen LogP) is 3.50. The van der Waals surface area contributed by atoms with Crippen LogP contribution in [0.2, 0.25) is 0 Å². The van der Waals surface area contributed by atoms with Gasteiger partial charge in [0.25, 0.3) is 0 Å². The lowest BCUT2D eigenvalue weighted by molar-refractivity contribution is -0.116. The Balaban J connectivity index is 2.02. The lowest BCUT2D eigenvalue weighted by atomic mass is 10.0. The molecule has 0 spiro atoms. The standard InChI is InChI=1S/C19H24N2O2S/c1-14-11-12-24-18(14)9-10-19(22)20-13-16(21(2)3)15-7-5-6-8-17(15)23-4/h5-12,16H,13H2,1-4H3,(H,20,22)/b10-9+. The maximum atomic E-state index is 12.1. The Morgan fingerprint density at radius 1 is 1.33 bits per heavy atom. The van der Waals surface area contributed by atoms with Crippen LogP contribution in [0.4, 0.5) is 0 Å². The number of benzene rings is 1. The van der Waals surface area contributed by atoms with Crippen molar-refractivity contribution in [3.05, 3.63) is 57.8 Å². The van der Waals surface area contributed by atoms with E-state index >= 15 is 0 Å². The van der Waals surface area contributed by atoms with Gasteiger partial charge in [-0.1, -0.05) is 18.2 Å². The quantitative estimate of drug-likeness (QED) is 0.782. The molecule has 4 nitrogen and oxygen atoms in total. The lowest BCUT2D eigenvalue weighted by Crippen LogP contribution is -2.33. The zero-order valence-electron chi connectivity index (χ0n) is 14.6. The number of likely N-dealkylation sites (N-methyl/N-ethyl adjacent to an activating group) is 1. The van der Waals surface area contributed by atoms with Crippen LogP contribution in [0.1, 0.15) is 22.0 Å². The molecule has 1 N–H and O–H groups in total. The number of ether oxygens (including phenoxy) is 1. The number of aryl methyl sites for hydroxylation is 1. The van der Waals surface area contributed by atoms with Gasteiger partial charge >= 0.3 is 0 Å². The summed E-state index contributed by atoms with van der Waals surface area (Å²) in [7, 11) is 5.65. The molecule has 0 aliphatic rings. The number of nitrogens with one attached hydrogen (secondary N) is 1. The Hall–Kier alpha value is -2.11. The number of carbonyl (C=O) groups excluding carboxylic acids is 1. The molecular formula is C19H24N2O2S. The van der Waals surface area contributed by atoms with Gasteiger partial charge in [-0.15, -0.1) is 11.3 Å². The van der Waals surface area contributed by atoms with Gasteiger partial charge in [0.1, 0.15) is 5.75 Å². The fourth-order valence-electron chi connectivity index (χ4n) is 2.48. The van der Waals surface area contributed by atoms with Crippen molar-refractivity contribution in [2.45, 2.75) is 13.0 Å². The molecule has 2 rings (SSSR count). The molecule has 5 heteroatoms. The summed E-state index contributed by atoms with van der Waals surface area (Å²) in [4.78, 5) is 15.3. The van der Waals surface area contributed by atoms with Crippen LogP contribution in [0.15, 0.2) is 41.8 Å². The average molecular weight is 344 g/mol. The topological polar surface area (TPSA) is 41.6 Å². The van der Waals surface area contributed by atoms with Crippen molar-refractivity contribution in [1.82, 2.24) is 10.2 Å². The SMILES string of the molecule is COc1ccccc1C(CNC(=O)/C=C/c1sccc1C)N(C)C. The maximum absolute atomic E-state index is 12.1. The Kier molecular flexibility index (Phi) is 6.58. The average Bonchev–Trinajstić information content (AvgIpc) is 2.98. The van der Waals surface area contributed by atoms with E-state index in [4.69, 9.17) is 4.74 Å². The monoisotopic (exact) mass is 344 g/mol. The zero-order valence-corrected chi connectivity index (χ0v) is 15.4. The van der Waals surface area contributed by atoms with Crippen molar-refractivity contribution in [3.8, 4) is 5.75 Å². The van der Waals surface area contributed by atoms with E-state index in [0.29, 0.717) is 6.54 Å². The van der Waals surface area contributed by atoms with E-state index in [1.54, 1.807) is 24.5 Å². The third-order valence-electron chi connectivity index (χ3n) is 3.88. The number of nitrogens with zero attached hydrogens (tertiary/aromatic N) is 1. The first-order valence-corrected chi connectivity index (χ1v) is 8.70. The number of hydrogen-bond acceptors (Lipinski definition) is 4. The Labute approximate surface area is 147 Å². The van der Waals surface area contributed by atoms with Gasteiger partial charge in [-0.05, 0) is 50.2 Å². The molecule has 1 aromatic heterocycles. The molecule has 2 aromatic rings. The molecule has 0 aliphatic heterocycles. The number of carbonyl (C=O) groups is 1. The van der Waals surface area contributed by atoms with Gasteiger partial charge in [-0.3, -0.25) is 4.79 Å². The highest BCUT2D eigenvalue weighted by Crippen LogP contribution is 2.27. The van der Waals surface area contributed by atoms with Crippen LogP contribution in [-0.2, 0) is 4.79 Å². The number of methoxy groups -OCH3 is 1. The number of hydrogen-bond donors (Lipinski definition) is 1. The summed E-state index contributed by atoms with van der Waals surface area (Å²) in [5.74, 6) is 0.736. The second kappa shape index (κ2) is 8.66. The Morgan fingerprint density at radius 2 is 2.08 bits per heavy atom. The fourth-order valence-corrected chi connectivity index (χ4v) is 3.29.